The van der Waals surface area contributed by atoms with Gasteiger partial charge in [0.15, 0.2) is 34.8 Å². The SMILES string of the molecule is CCCC1CCC(C2CCC(C(C)Cc3ccc(OCC)c(F)c3F)CC2)CC1.CCCCC1CCC(C2CCC(CCc3cc4ccc(OCC)c(F)c4c(F)c3F)CC2)CC1. The van der Waals surface area contributed by atoms with Crippen LogP contribution in [0.2, 0.25) is 0 Å². The maximum absolute atomic E-state index is 14.8. The standard InChI is InChI=1S/C30H41F3O.C26H40F2O/c1-3-5-6-20-7-12-22(13-8-20)23-14-9-21(10-15-23)11-16-25-19-24-17-18-26(34-4-2)29(32)27(24)30(33)28(25)31;1-4-6-19-7-9-21(10-8-19)22-13-11-20(12-14-22)18(3)17-23-15-16-24(29-5-2)26(28)25(23)27/h17-23H,3-16H2,1-2H3;15-16,18-22H,4-14,17H2,1-3H3. The van der Waals surface area contributed by atoms with Crippen LogP contribution in [0.25, 0.3) is 10.8 Å². The van der Waals surface area contributed by atoms with Gasteiger partial charge >= 0.3 is 0 Å². The Kier molecular flexibility index (Phi) is 19.4. The van der Waals surface area contributed by atoms with Gasteiger partial charge in [-0.1, -0.05) is 104 Å². The van der Waals surface area contributed by atoms with E-state index < -0.39 is 29.1 Å². The lowest BCUT2D eigenvalue weighted by atomic mass is 9.67. The highest BCUT2D eigenvalue weighted by Crippen LogP contribution is 2.45. The minimum atomic E-state index is -1.09. The van der Waals surface area contributed by atoms with Crippen molar-refractivity contribution in [2.75, 3.05) is 13.2 Å². The van der Waals surface area contributed by atoms with E-state index in [1.165, 1.54) is 141 Å². The van der Waals surface area contributed by atoms with E-state index in [1.807, 2.05) is 0 Å². The van der Waals surface area contributed by atoms with Crippen LogP contribution < -0.4 is 9.47 Å². The zero-order valence-corrected chi connectivity index (χ0v) is 39.7. The number of halogens is 5. The van der Waals surface area contributed by atoms with Crippen LogP contribution in [-0.4, -0.2) is 13.2 Å². The largest absolute Gasteiger partial charge is 0.491 e. The molecule has 0 heterocycles. The molecule has 3 aromatic carbocycles. The van der Waals surface area contributed by atoms with E-state index in [2.05, 4.69) is 20.8 Å². The van der Waals surface area contributed by atoms with E-state index >= 15 is 0 Å². The van der Waals surface area contributed by atoms with Gasteiger partial charge in [-0.05, 0) is 185 Å². The molecule has 0 N–H and O–H groups in total. The number of fused-ring (bicyclic) bond motifs is 1. The Morgan fingerprint density at radius 3 is 1.49 bits per heavy atom. The van der Waals surface area contributed by atoms with Gasteiger partial charge < -0.3 is 9.47 Å². The van der Waals surface area contributed by atoms with Crippen LogP contribution in [0.3, 0.4) is 0 Å². The average molecular weight is 881 g/mol. The van der Waals surface area contributed by atoms with Gasteiger partial charge in [0.05, 0.1) is 18.6 Å². The molecule has 7 rings (SSSR count). The van der Waals surface area contributed by atoms with Crippen molar-refractivity contribution in [1.29, 1.82) is 0 Å². The van der Waals surface area contributed by atoms with Crippen LogP contribution in [0.5, 0.6) is 11.5 Å². The molecule has 3 aromatic rings. The Hall–Kier alpha value is -2.83. The number of unbranched alkanes of at least 4 members (excludes halogenated alkanes) is 1. The van der Waals surface area contributed by atoms with Gasteiger partial charge in [0.25, 0.3) is 0 Å². The molecule has 0 spiro atoms. The number of ether oxygens (including phenoxy) is 2. The lowest BCUT2D eigenvalue weighted by Crippen LogP contribution is -2.28. The Bertz CT molecular complexity index is 1830. The number of benzene rings is 3. The zero-order valence-electron chi connectivity index (χ0n) is 39.7. The smallest absolute Gasteiger partial charge is 0.200 e. The van der Waals surface area contributed by atoms with Gasteiger partial charge in [-0.2, -0.15) is 4.39 Å². The van der Waals surface area contributed by atoms with Crippen molar-refractivity contribution in [2.24, 2.45) is 53.3 Å². The minimum absolute atomic E-state index is 0.0237. The third-order valence-corrected chi connectivity index (χ3v) is 16.5. The lowest BCUT2D eigenvalue weighted by Gasteiger charge is -2.39. The van der Waals surface area contributed by atoms with Crippen LogP contribution in [0.4, 0.5) is 22.0 Å². The second-order valence-corrected chi connectivity index (χ2v) is 20.5. The monoisotopic (exact) mass is 881 g/mol. The second kappa shape index (κ2) is 24.6. The van der Waals surface area contributed by atoms with Crippen LogP contribution >= 0.6 is 0 Å². The number of hydrogen-bond donors (Lipinski definition) is 0. The summed E-state index contributed by atoms with van der Waals surface area (Å²) in [7, 11) is 0. The summed E-state index contributed by atoms with van der Waals surface area (Å²) in [4.78, 5) is 0. The fourth-order valence-corrected chi connectivity index (χ4v) is 12.7. The van der Waals surface area contributed by atoms with Crippen LogP contribution in [0.1, 0.15) is 187 Å². The quantitative estimate of drug-likeness (QED) is 0.126. The highest BCUT2D eigenvalue weighted by atomic mass is 19.2. The predicted octanol–water partition coefficient (Wildman–Crippen LogP) is 17.3. The third-order valence-electron chi connectivity index (χ3n) is 16.5. The molecule has 1 unspecified atom stereocenters. The summed E-state index contributed by atoms with van der Waals surface area (Å²) in [6.45, 7) is 10.9. The Morgan fingerprint density at radius 1 is 0.492 bits per heavy atom. The van der Waals surface area contributed by atoms with E-state index in [9.17, 15) is 22.0 Å². The molecular formula is C56H81F5O2. The molecule has 4 saturated carbocycles. The predicted molar refractivity (Wildman–Crippen MR) is 250 cm³/mol. The molecule has 0 amide bonds. The Labute approximate surface area is 378 Å². The molecule has 2 nitrogen and oxygen atoms in total. The van der Waals surface area contributed by atoms with E-state index in [-0.39, 0.29) is 23.5 Å². The van der Waals surface area contributed by atoms with Gasteiger partial charge in [0, 0.05) is 0 Å². The first-order valence-corrected chi connectivity index (χ1v) is 25.9. The molecule has 0 radical (unpaired) electrons. The molecule has 0 aromatic heterocycles. The van der Waals surface area contributed by atoms with Gasteiger partial charge in [-0.25, -0.2) is 17.6 Å². The van der Waals surface area contributed by atoms with Crippen molar-refractivity contribution < 1.29 is 31.4 Å². The molecule has 7 heteroatoms. The van der Waals surface area contributed by atoms with Crippen molar-refractivity contribution in [3.8, 4) is 11.5 Å². The summed E-state index contributed by atoms with van der Waals surface area (Å²) in [6.07, 6.45) is 30.4. The van der Waals surface area contributed by atoms with Gasteiger partial charge in [-0.3, -0.25) is 0 Å². The Morgan fingerprint density at radius 2 is 0.968 bits per heavy atom. The molecule has 352 valence electrons. The van der Waals surface area contributed by atoms with Gasteiger partial charge in [0.2, 0.25) is 5.82 Å². The summed E-state index contributed by atoms with van der Waals surface area (Å²) in [5.41, 5.74) is 0.857. The van der Waals surface area contributed by atoms with E-state index in [0.717, 1.165) is 41.9 Å². The maximum atomic E-state index is 14.8. The fraction of sp³-hybridized carbons (Fsp3) is 0.714. The summed E-state index contributed by atoms with van der Waals surface area (Å²) in [5.74, 6) is 2.77. The number of aryl methyl sites for hydroxylation is 1. The highest BCUT2D eigenvalue weighted by Gasteiger charge is 2.34. The van der Waals surface area contributed by atoms with E-state index in [1.54, 1.807) is 38.1 Å². The lowest BCUT2D eigenvalue weighted by molar-refractivity contribution is 0.126. The van der Waals surface area contributed by atoms with Gasteiger partial charge in [0.1, 0.15) is 0 Å². The van der Waals surface area contributed by atoms with Crippen molar-refractivity contribution in [2.45, 2.75) is 189 Å². The molecule has 4 aliphatic carbocycles. The summed E-state index contributed by atoms with van der Waals surface area (Å²) >= 11 is 0. The van der Waals surface area contributed by atoms with Crippen molar-refractivity contribution in [3.63, 3.8) is 0 Å². The number of hydrogen-bond acceptors (Lipinski definition) is 2. The van der Waals surface area contributed by atoms with E-state index in [4.69, 9.17) is 9.47 Å². The van der Waals surface area contributed by atoms with Crippen LogP contribution in [0, 0.1) is 82.3 Å². The van der Waals surface area contributed by atoms with Gasteiger partial charge in [-0.15, -0.1) is 0 Å². The molecule has 0 saturated heterocycles. The third kappa shape index (κ3) is 13.2. The minimum Gasteiger partial charge on any atom is -0.491 e. The normalized spacial score (nSPS) is 27.1. The molecule has 1 atom stereocenters. The first kappa shape index (κ1) is 49.6. The van der Waals surface area contributed by atoms with Crippen LogP contribution in [0.15, 0.2) is 30.3 Å². The molecule has 0 bridgehead atoms. The average Bonchev–Trinajstić information content (AvgIpc) is 3.31. The molecule has 4 aliphatic rings. The van der Waals surface area contributed by atoms with Crippen molar-refractivity contribution in [1.82, 2.24) is 0 Å². The molecule has 63 heavy (non-hydrogen) atoms. The molecule has 4 fully saturated rings. The van der Waals surface area contributed by atoms with Crippen LogP contribution in [-0.2, 0) is 12.8 Å². The zero-order chi connectivity index (χ0) is 44.9. The van der Waals surface area contributed by atoms with Crippen molar-refractivity contribution in [3.05, 3.63) is 70.5 Å². The molecule has 0 aliphatic heterocycles. The summed E-state index contributed by atoms with van der Waals surface area (Å²) in [6, 6.07) is 8.03. The first-order chi connectivity index (χ1) is 30.5. The Balaban J connectivity index is 0.000000213. The summed E-state index contributed by atoms with van der Waals surface area (Å²) in [5, 5.41) is 0.0882. The highest BCUT2D eigenvalue weighted by molar-refractivity contribution is 5.86. The van der Waals surface area contributed by atoms with E-state index in [0.29, 0.717) is 53.7 Å². The van der Waals surface area contributed by atoms with Crippen molar-refractivity contribution >= 4 is 10.8 Å². The number of rotatable bonds is 17. The topological polar surface area (TPSA) is 18.5 Å². The fourth-order valence-electron chi connectivity index (χ4n) is 12.7. The summed E-state index contributed by atoms with van der Waals surface area (Å²) < 4.78 is 83.2. The first-order valence-electron chi connectivity index (χ1n) is 25.9. The molecular weight excluding hydrogens is 800 g/mol. The second-order valence-electron chi connectivity index (χ2n) is 20.5. The maximum Gasteiger partial charge on any atom is 0.200 e.